The summed E-state index contributed by atoms with van der Waals surface area (Å²) in [6, 6.07) is 0.735. The van der Waals surface area contributed by atoms with E-state index in [4.69, 9.17) is 4.74 Å². The first kappa shape index (κ1) is 21.5. The predicted molar refractivity (Wildman–Crippen MR) is 86.5 cm³/mol. The molecule has 1 aromatic carbocycles. The normalized spacial score (nSPS) is 12.2. The number of Topliss-reactive ketones (excluding diaryl/α,β-unsaturated/α-hetero) is 2. The van der Waals surface area contributed by atoms with Gasteiger partial charge in [-0.3, -0.25) is 9.59 Å². The van der Waals surface area contributed by atoms with Crippen molar-refractivity contribution in [3.63, 3.8) is 0 Å². The third kappa shape index (κ3) is 4.55. The van der Waals surface area contributed by atoms with Gasteiger partial charge < -0.3 is 9.72 Å². The number of H-pyrrole nitrogens is 1. The molecule has 4 nitrogen and oxygen atoms in total. The molecule has 0 aliphatic carbocycles. The second kappa shape index (κ2) is 7.33. The topological polar surface area (TPSA) is 59.2 Å². The van der Waals surface area contributed by atoms with Crippen LogP contribution in [0.4, 0.5) is 26.3 Å². The van der Waals surface area contributed by atoms with Gasteiger partial charge in [-0.25, -0.2) is 0 Å². The number of hydrogen-bond acceptors (Lipinski definition) is 3. The van der Waals surface area contributed by atoms with Crippen LogP contribution in [0.5, 0.6) is 5.75 Å². The van der Waals surface area contributed by atoms with Crippen LogP contribution in [0.3, 0.4) is 0 Å². The SMILES string of the molecule is CC(=O)c1c(C)[nH]c(C(=O)COc2cc(C(F)(F)F)cc(C(F)(F)F)c2)c1C. The molecule has 0 aliphatic heterocycles. The molecule has 0 saturated heterocycles. The van der Waals surface area contributed by atoms with Gasteiger partial charge in [0.2, 0.25) is 5.78 Å². The van der Waals surface area contributed by atoms with Crippen molar-refractivity contribution in [2.24, 2.45) is 0 Å². The van der Waals surface area contributed by atoms with Crippen LogP contribution >= 0.6 is 0 Å². The molecule has 0 unspecified atom stereocenters. The molecule has 10 heteroatoms. The summed E-state index contributed by atoms with van der Waals surface area (Å²) in [5.41, 5.74) is -2.04. The Hall–Kier alpha value is -2.78. The fraction of sp³-hybridized carbons (Fsp3) is 0.333. The number of halogens is 6. The lowest BCUT2D eigenvalue weighted by Gasteiger charge is -2.14. The van der Waals surface area contributed by atoms with E-state index in [-0.39, 0.29) is 17.5 Å². The first-order valence-corrected chi connectivity index (χ1v) is 7.87. The summed E-state index contributed by atoms with van der Waals surface area (Å²) in [5.74, 6) is -1.76. The van der Waals surface area contributed by atoms with E-state index in [9.17, 15) is 35.9 Å². The highest BCUT2D eigenvalue weighted by Gasteiger charge is 2.37. The van der Waals surface area contributed by atoms with Crippen LogP contribution in [0.2, 0.25) is 0 Å². The third-order valence-corrected chi connectivity index (χ3v) is 4.00. The van der Waals surface area contributed by atoms with Crippen molar-refractivity contribution in [2.45, 2.75) is 33.1 Å². The molecule has 0 radical (unpaired) electrons. The van der Waals surface area contributed by atoms with Crippen molar-refractivity contribution in [1.82, 2.24) is 4.98 Å². The van der Waals surface area contributed by atoms with Gasteiger partial charge in [0.1, 0.15) is 5.75 Å². The Bertz CT molecular complexity index is 892. The zero-order valence-electron chi connectivity index (χ0n) is 14.9. The summed E-state index contributed by atoms with van der Waals surface area (Å²) in [4.78, 5) is 26.6. The molecule has 2 rings (SSSR count). The van der Waals surface area contributed by atoms with Crippen LogP contribution in [0.25, 0.3) is 0 Å². The van der Waals surface area contributed by atoms with Gasteiger partial charge in [-0.1, -0.05) is 0 Å². The Morgan fingerprint density at radius 2 is 1.46 bits per heavy atom. The zero-order valence-corrected chi connectivity index (χ0v) is 14.9. The quantitative estimate of drug-likeness (QED) is 0.552. The molecule has 0 fully saturated rings. The average Bonchev–Trinajstić information content (AvgIpc) is 2.85. The van der Waals surface area contributed by atoms with E-state index in [1.807, 2.05) is 0 Å². The lowest BCUT2D eigenvalue weighted by Crippen LogP contribution is -2.15. The lowest BCUT2D eigenvalue weighted by atomic mass is 10.1. The molecule has 0 amide bonds. The number of aryl methyl sites for hydroxylation is 1. The highest BCUT2D eigenvalue weighted by molar-refractivity contribution is 6.03. The van der Waals surface area contributed by atoms with Gasteiger partial charge in [0.25, 0.3) is 0 Å². The van der Waals surface area contributed by atoms with Crippen LogP contribution < -0.4 is 4.74 Å². The monoisotopic (exact) mass is 407 g/mol. The van der Waals surface area contributed by atoms with Gasteiger partial charge in [-0.2, -0.15) is 26.3 Å². The summed E-state index contributed by atoms with van der Waals surface area (Å²) in [5, 5.41) is 0. The summed E-state index contributed by atoms with van der Waals surface area (Å²) < 4.78 is 82.0. The predicted octanol–water partition coefficient (Wildman–Crippen LogP) is 5.13. The highest BCUT2D eigenvalue weighted by Crippen LogP contribution is 2.38. The molecule has 1 N–H and O–H groups in total. The number of alkyl halides is 6. The number of aromatic amines is 1. The van der Waals surface area contributed by atoms with Crippen molar-refractivity contribution < 1.29 is 40.7 Å². The minimum absolute atomic E-state index is 0.00530. The summed E-state index contributed by atoms with van der Waals surface area (Å²) in [7, 11) is 0. The Kier molecular flexibility index (Phi) is 5.63. The minimum atomic E-state index is -5.02. The van der Waals surface area contributed by atoms with Crippen molar-refractivity contribution in [3.8, 4) is 5.75 Å². The molecule has 152 valence electrons. The molecule has 1 heterocycles. The standard InChI is InChI=1S/C18H15F6NO3/c1-8-15(10(3)26)9(2)25-16(8)14(27)7-28-13-5-11(17(19,20)21)4-12(6-13)18(22,23)24/h4-6,25H,7H2,1-3H3. The van der Waals surface area contributed by atoms with Gasteiger partial charge in [0.15, 0.2) is 12.4 Å². The molecule has 0 atom stereocenters. The zero-order chi connectivity index (χ0) is 21.4. The van der Waals surface area contributed by atoms with Gasteiger partial charge in [-0.05, 0) is 44.5 Å². The maximum Gasteiger partial charge on any atom is 0.416 e. The van der Waals surface area contributed by atoms with E-state index in [1.165, 1.54) is 13.8 Å². The largest absolute Gasteiger partial charge is 0.485 e. The Morgan fingerprint density at radius 1 is 0.964 bits per heavy atom. The van der Waals surface area contributed by atoms with E-state index >= 15 is 0 Å². The number of aromatic nitrogens is 1. The van der Waals surface area contributed by atoms with Crippen LogP contribution in [0.1, 0.15) is 50.2 Å². The maximum absolute atomic E-state index is 12.8. The second-order valence-electron chi connectivity index (χ2n) is 6.13. The molecule has 2 aromatic rings. The Morgan fingerprint density at radius 3 is 1.86 bits per heavy atom. The van der Waals surface area contributed by atoms with Crippen molar-refractivity contribution in [2.75, 3.05) is 6.61 Å². The summed E-state index contributed by atoms with van der Waals surface area (Å²) in [6.07, 6.45) is -10.0. The molecule has 28 heavy (non-hydrogen) atoms. The van der Waals surface area contributed by atoms with E-state index < -0.39 is 41.6 Å². The van der Waals surface area contributed by atoms with Gasteiger partial charge in [0, 0.05) is 11.3 Å². The fourth-order valence-electron chi connectivity index (χ4n) is 2.79. The lowest BCUT2D eigenvalue weighted by molar-refractivity contribution is -0.143. The van der Waals surface area contributed by atoms with Crippen LogP contribution in [0, 0.1) is 13.8 Å². The van der Waals surface area contributed by atoms with Crippen molar-refractivity contribution >= 4 is 11.6 Å². The number of rotatable bonds is 5. The van der Waals surface area contributed by atoms with Crippen LogP contribution in [-0.2, 0) is 12.4 Å². The number of benzene rings is 1. The van der Waals surface area contributed by atoms with E-state index in [0.29, 0.717) is 29.0 Å². The Labute approximate surface area is 155 Å². The molecule has 0 aliphatic rings. The van der Waals surface area contributed by atoms with Gasteiger partial charge in [-0.15, -0.1) is 0 Å². The number of carbonyl (C=O) groups is 2. The first-order valence-electron chi connectivity index (χ1n) is 7.87. The van der Waals surface area contributed by atoms with Gasteiger partial charge in [0.05, 0.1) is 16.8 Å². The van der Waals surface area contributed by atoms with Crippen LogP contribution in [0.15, 0.2) is 18.2 Å². The molecular formula is C18H15F6NO3. The van der Waals surface area contributed by atoms with Gasteiger partial charge >= 0.3 is 12.4 Å². The van der Waals surface area contributed by atoms with E-state index in [1.54, 1.807) is 6.92 Å². The van der Waals surface area contributed by atoms with Crippen LogP contribution in [-0.4, -0.2) is 23.2 Å². The molecule has 0 spiro atoms. The van der Waals surface area contributed by atoms with Crippen molar-refractivity contribution in [1.29, 1.82) is 0 Å². The fourth-order valence-corrected chi connectivity index (χ4v) is 2.79. The third-order valence-electron chi connectivity index (χ3n) is 4.00. The smallest absolute Gasteiger partial charge is 0.416 e. The summed E-state index contributed by atoms with van der Waals surface area (Å²) >= 11 is 0. The van der Waals surface area contributed by atoms with Crippen molar-refractivity contribution in [3.05, 3.63) is 51.8 Å². The minimum Gasteiger partial charge on any atom is -0.485 e. The highest BCUT2D eigenvalue weighted by atomic mass is 19.4. The number of ether oxygens (including phenoxy) is 1. The molecule has 1 aromatic heterocycles. The number of nitrogens with one attached hydrogen (secondary N) is 1. The number of hydrogen-bond donors (Lipinski definition) is 1. The number of ketones is 2. The maximum atomic E-state index is 12.8. The average molecular weight is 407 g/mol. The van der Waals surface area contributed by atoms with E-state index in [0.717, 1.165) is 0 Å². The first-order chi connectivity index (χ1) is 12.7. The second-order valence-corrected chi connectivity index (χ2v) is 6.13. The van der Waals surface area contributed by atoms with E-state index in [2.05, 4.69) is 4.98 Å². The molecule has 0 saturated carbocycles. The number of carbonyl (C=O) groups excluding carboxylic acids is 2. The molecular weight excluding hydrogens is 392 g/mol. The molecule has 0 bridgehead atoms. The summed E-state index contributed by atoms with van der Waals surface area (Å²) in [6.45, 7) is 3.55. The Balaban J connectivity index is 2.30.